The first kappa shape index (κ1) is 28.1. The molecule has 40 heavy (non-hydrogen) atoms. The first-order valence-electron chi connectivity index (χ1n) is 12.2. The molecule has 1 aliphatic carbocycles. The minimum Gasteiger partial charge on any atom is -0.307 e. The van der Waals surface area contributed by atoms with Crippen LogP contribution in [0.1, 0.15) is 28.8 Å². The van der Waals surface area contributed by atoms with Crippen molar-refractivity contribution in [2.75, 3.05) is 11.1 Å². The molecule has 5 rings (SSSR count). The molecule has 0 unspecified atom stereocenters. The second kappa shape index (κ2) is 11.6. The number of anilines is 1. The highest BCUT2D eigenvalue weighted by molar-refractivity contribution is 7.99. The number of nitrogens with zero attached hydrogens (tertiary/aromatic N) is 1. The topological polar surface area (TPSA) is 92.2 Å². The number of urea groups is 1. The van der Waals surface area contributed by atoms with Gasteiger partial charge in [-0.2, -0.15) is 13.2 Å². The van der Waals surface area contributed by atoms with Gasteiger partial charge in [0.1, 0.15) is 0 Å². The quantitative estimate of drug-likeness (QED) is 0.177. The Labute approximate surface area is 239 Å². The normalized spacial score (nSPS) is 13.1. The van der Waals surface area contributed by atoms with E-state index in [1.54, 1.807) is 40.2 Å². The van der Waals surface area contributed by atoms with Crippen molar-refractivity contribution >= 4 is 62.4 Å². The maximum absolute atomic E-state index is 13.8. The number of carbonyl (C=O) groups is 2. The van der Waals surface area contributed by atoms with Gasteiger partial charge in [-0.3, -0.25) is 19.6 Å². The first-order chi connectivity index (χ1) is 19.1. The number of fused-ring (bicyclic) bond motifs is 3. The number of thiophene rings is 1. The predicted molar refractivity (Wildman–Crippen MR) is 152 cm³/mol. The number of hydrazine groups is 1. The fourth-order valence-corrected chi connectivity index (χ4v) is 6.88. The fourth-order valence-electron chi connectivity index (χ4n) is 4.49. The van der Waals surface area contributed by atoms with E-state index in [0.717, 1.165) is 65.9 Å². The summed E-state index contributed by atoms with van der Waals surface area (Å²) in [5.41, 5.74) is 4.89. The third-order valence-corrected chi connectivity index (χ3v) is 8.78. The zero-order valence-electron chi connectivity index (χ0n) is 20.7. The van der Waals surface area contributed by atoms with Crippen LogP contribution in [-0.2, 0) is 23.8 Å². The summed E-state index contributed by atoms with van der Waals surface area (Å²) in [6, 6.07) is 11.9. The van der Waals surface area contributed by atoms with E-state index in [-0.39, 0.29) is 17.0 Å². The number of thioether (sulfide) groups is 1. The van der Waals surface area contributed by atoms with Crippen molar-refractivity contribution in [2.24, 2.45) is 0 Å². The predicted octanol–water partition coefficient (Wildman–Crippen LogP) is 6.55. The van der Waals surface area contributed by atoms with Gasteiger partial charge < -0.3 is 5.32 Å². The van der Waals surface area contributed by atoms with Gasteiger partial charge in [0.25, 0.3) is 5.56 Å². The van der Waals surface area contributed by atoms with Gasteiger partial charge in [-0.15, -0.1) is 11.3 Å². The zero-order valence-corrected chi connectivity index (χ0v) is 23.1. The second-order valence-electron chi connectivity index (χ2n) is 9.04. The number of pyridine rings is 1. The largest absolute Gasteiger partial charge is 0.416 e. The lowest BCUT2D eigenvalue weighted by Crippen LogP contribution is -2.44. The summed E-state index contributed by atoms with van der Waals surface area (Å²) in [7, 11) is 0. The van der Waals surface area contributed by atoms with Crippen LogP contribution in [0.4, 0.5) is 23.7 Å². The number of aryl methyl sites for hydroxylation is 2. The monoisotopic (exact) mass is 606 g/mol. The summed E-state index contributed by atoms with van der Waals surface area (Å²) in [5.74, 6) is -0.724. The number of halogens is 4. The summed E-state index contributed by atoms with van der Waals surface area (Å²) >= 11 is 8.78. The standard InChI is InChI=1S/C27H22ClF3N4O3S2/c28-16-8-10-18(11-9-16)35-23(13-21-24(25(35)37)19-6-1-2-7-20(19)40-21)39-14-22(36)33-34-26(38)32-17-5-3-4-15(12-17)27(29,30)31/h3-5,8-13H,1-2,6-7,14H2,(H,33,36)(H2,32,34,38). The van der Waals surface area contributed by atoms with Gasteiger partial charge in [0.2, 0.25) is 5.91 Å². The number of hydrogen-bond donors (Lipinski definition) is 3. The van der Waals surface area contributed by atoms with E-state index in [2.05, 4.69) is 16.2 Å². The van der Waals surface area contributed by atoms with E-state index in [9.17, 15) is 27.6 Å². The maximum Gasteiger partial charge on any atom is 0.416 e. The number of aromatic nitrogens is 1. The molecule has 2 heterocycles. The fraction of sp³-hybridized carbons (Fsp3) is 0.222. The molecule has 0 saturated carbocycles. The Kier molecular flexibility index (Phi) is 8.11. The van der Waals surface area contributed by atoms with Crippen molar-refractivity contribution < 1.29 is 22.8 Å². The molecule has 0 spiro atoms. The van der Waals surface area contributed by atoms with E-state index < -0.39 is 23.7 Å². The highest BCUT2D eigenvalue weighted by Gasteiger charge is 2.30. The SMILES string of the molecule is O=C(CSc1cc2sc3c(c2c(=O)n1-c1ccc(Cl)cc1)CCCC3)NNC(=O)Nc1cccc(C(F)(F)F)c1. The van der Waals surface area contributed by atoms with Crippen LogP contribution in [0.3, 0.4) is 0 Å². The minimum absolute atomic E-state index is 0.0881. The molecule has 3 N–H and O–H groups in total. The van der Waals surface area contributed by atoms with Gasteiger partial charge in [-0.1, -0.05) is 29.4 Å². The average molecular weight is 607 g/mol. The summed E-state index contributed by atoms with van der Waals surface area (Å²) in [6.07, 6.45) is -0.647. The molecule has 1 aliphatic rings. The number of alkyl halides is 3. The van der Waals surface area contributed by atoms with Gasteiger partial charge in [0.15, 0.2) is 0 Å². The van der Waals surface area contributed by atoms with Crippen LogP contribution in [0.5, 0.6) is 0 Å². The molecule has 0 aliphatic heterocycles. The molecule has 3 amide bonds. The molecule has 13 heteroatoms. The van der Waals surface area contributed by atoms with Crippen LogP contribution < -0.4 is 21.7 Å². The van der Waals surface area contributed by atoms with Crippen LogP contribution in [-0.4, -0.2) is 22.3 Å². The highest BCUT2D eigenvalue weighted by Crippen LogP contribution is 2.37. The smallest absolute Gasteiger partial charge is 0.307 e. The Balaban J connectivity index is 1.31. The maximum atomic E-state index is 13.8. The third-order valence-electron chi connectivity index (χ3n) is 6.29. The third kappa shape index (κ3) is 6.13. The van der Waals surface area contributed by atoms with Crippen LogP contribution in [0.25, 0.3) is 15.8 Å². The molecule has 0 saturated heterocycles. The van der Waals surface area contributed by atoms with Gasteiger partial charge in [-0.25, -0.2) is 10.2 Å². The summed E-state index contributed by atoms with van der Waals surface area (Å²) in [4.78, 5) is 39.7. The number of carbonyl (C=O) groups excluding carboxylic acids is 2. The highest BCUT2D eigenvalue weighted by atomic mass is 35.5. The molecular formula is C27H22ClF3N4O3S2. The Morgan fingerprint density at radius 2 is 1.77 bits per heavy atom. The molecule has 0 radical (unpaired) electrons. The van der Waals surface area contributed by atoms with Crippen LogP contribution in [0.2, 0.25) is 5.02 Å². The van der Waals surface area contributed by atoms with Gasteiger partial charge >= 0.3 is 12.2 Å². The Hall–Kier alpha value is -3.48. The van der Waals surface area contributed by atoms with Crippen molar-refractivity contribution in [2.45, 2.75) is 36.9 Å². The van der Waals surface area contributed by atoms with Crippen LogP contribution in [0.15, 0.2) is 64.4 Å². The molecule has 4 aromatic rings. The van der Waals surface area contributed by atoms with Crippen molar-refractivity contribution in [3.63, 3.8) is 0 Å². The summed E-state index contributed by atoms with van der Waals surface area (Å²) in [5, 5.41) is 4.01. The Morgan fingerprint density at radius 1 is 1.02 bits per heavy atom. The van der Waals surface area contributed by atoms with E-state index in [0.29, 0.717) is 21.1 Å². The molecule has 0 bridgehead atoms. The Bertz CT molecular complexity index is 1650. The van der Waals surface area contributed by atoms with Crippen molar-refractivity contribution in [3.05, 3.63) is 86.0 Å². The summed E-state index contributed by atoms with van der Waals surface area (Å²) < 4.78 is 41.1. The van der Waals surface area contributed by atoms with Crippen LogP contribution in [0, 0.1) is 0 Å². The molecule has 2 aromatic carbocycles. The van der Waals surface area contributed by atoms with Crippen molar-refractivity contribution in [1.82, 2.24) is 15.4 Å². The number of hydrogen-bond acceptors (Lipinski definition) is 5. The lowest BCUT2D eigenvalue weighted by molar-refractivity contribution is -0.137. The van der Waals surface area contributed by atoms with E-state index in [1.807, 2.05) is 6.07 Å². The summed E-state index contributed by atoms with van der Waals surface area (Å²) in [6.45, 7) is 0. The second-order valence-corrected chi connectivity index (χ2v) is 11.6. The average Bonchev–Trinajstić information content (AvgIpc) is 3.30. The van der Waals surface area contributed by atoms with Crippen molar-refractivity contribution in [3.8, 4) is 5.69 Å². The van der Waals surface area contributed by atoms with E-state index >= 15 is 0 Å². The zero-order chi connectivity index (χ0) is 28.4. The number of nitrogens with one attached hydrogen (secondary N) is 3. The van der Waals surface area contributed by atoms with E-state index in [1.165, 1.54) is 10.9 Å². The van der Waals surface area contributed by atoms with E-state index in [4.69, 9.17) is 11.6 Å². The van der Waals surface area contributed by atoms with Gasteiger partial charge in [0.05, 0.1) is 21.7 Å². The lowest BCUT2D eigenvalue weighted by atomic mass is 9.97. The molecule has 208 valence electrons. The minimum atomic E-state index is -4.56. The molecule has 2 aromatic heterocycles. The molecule has 7 nitrogen and oxygen atoms in total. The Morgan fingerprint density at radius 3 is 2.52 bits per heavy atom. The van der Waals surface area contributed by atoms with Crippen LogP contribution >= 0.6 is 34.7 Å². The number of rotatable bonds is 5. The number of benzene rings is 2. The lowest BCUT2D eigenvalue weighted by Gasteiger charge is -2.15. The first-order valence-corrected chi connectivity index (χ1v) is 14.4. The molecular weight excluding hydrogens is 585 g/mol. The van der Waals surface area contributed by atoms with Gasteiger partial charge in [0, 0.05) is 26.0 Å². The molecule has 0 atom stereocenters. The van der Waals surface area contributed by atoms with Gasteiger partial charge in [-0.05, 0) is 79.8 Å². The number of amides is 3. The molecule has 0 fully saturated rings. The van der Waals surface area contributed by atoms with Crippen molar-refractivity contribution in [1.29, 1.82) is 0 Å².